The molecule has 0 aliphatic heterocycles. The van der Waals surface area contributed by atoms with E-state index in [0.29, 0.717) is 29.0 Å². The van der Waals surface area contributed by atoms with Gasteiger partial charge >= 0.3 is 0 Å². The predicted molar refractivity (Wildman–Crippen MR) is 111 cm³/mol. The zero-order valence-electron chi connectivity index (χ0n) is 15.3. The van der Waals surface area contributed by atoms with Crippen molar-refractivity contribution >= 4 is 16.7 Å². The van der Waals surface area contributed by atoms with Crippen LogP contribution < -0.4 is 16.9 Å². The van der Waals surface area contributed by atoms with Gasteiger partial charge in [0.15, 0.2) is 0 Å². The molecular formula is C22H20N4O2. The molecule has 0 atom stereocenters. The minimum Gasteiger partial charge on any atom is -0.399 e. The summed E-state index contributed by atoms with van der Waals surface area (Å²) in [6.07, 6.45) is 5.43. The van der Waals surface area contributed by atoms with Gasteiger partial charge in [0.2, 0.25) is 5.56 Å². The summed E-state index contributed by atoms with van der Waals surface area (Å²) < 4.78 is 1.62. The number of H-pyrrole nitrogens is 1. The molecule has 0 aliphatic rings. The fraction of sp³-hybridized carbons (Fsp3) is 0.136. The lowest BCUT2D eigenvalue weighted by atomic mass is 10.0. The average molecular weight is 372 g/mol. The molecule has 3 aromatic heterocycles. The molecule has 6 heteroatoms. The van der Waals surface area contributed by atoms with Gasteiger partial charge in [0.25, 0.3) is 5.56 Å². The summed E-state index contributed by atoms with van der Waals surface area (Å²) in [5, 5.41) is 0.899. The largest absolute Gasteiger partial charge is 0.399 e. The number of nitrogens with one attached hydrogen (secondary N) is 1. The van der Waals surface area contributed by atoms with E-state index in [1.807, 2.05) is 36.4 Å². The summed E-state index contributed by atoms with van der Waals surface area (Å²) in [5.41, 5.74) is 9.29. The summed E-state index contributed by atoms with van der Waals surface area (Å²) in [7, 11) is 0. The van der Waals surface area contributed by atoms with E-state index in [1.54, 1.807) is 35.2 Å². The minimum atomic E-state index is -0.113. The Balaban J connectivity index is 1.72. The molecule has 0 unspecified atom stereocenters. The molecule has 0 fully saturated rings. The van der Waals surface area contributed by atoms with Crippen LogP contribution in [-0.2, 0) is 12.8 Å². The molecule has 28 heavy (non-hydrogen) atoms. The lowest BCUT2D eigenvalue weighted by Gasteiger charge is -2.13. The first kappa shape index (κ1) is 17.7. The lowest BCUT2D eigenvalue weighted by Crippen LogP contribution is -2.23. The molecule has 0 saturated heterocycles. The zero-order chi connectivity index (χ0) is 19.5. The highest BCUT2D eigenvalue weighted by Gasteiger charge is 2.12. The Kier molecular flexibility index (Phi) is 4.76. The summed E-state index contributed by atoms with van der Waals surface area (Å²) in [6.45, 7) is 0. The predicted octanol–water partition coefficient (Wildman–Crippen LogP) is 2.83. The topological polar surface area (TPSA) is 93.8 Å². The number of anilines is 1. The maximum Gasteiger partial charge on any atom is 0.259 e. The molecule has 0 radical (unpaired) electrons. The molecule has 0 spiro atoms. The van der Waals surface area contributed by atoms with Gasteiger partial charge in [-0.25, -0.2) is 4.98 Å². The number of hydrogen-bond acceptors (Lipinski definition) is 4. The standard InChI is InChI=1S/C22H20N4O2/c23-18-7-2-8-19(14-18)26-21-16(6-3-10-25-21)13-17(22(26)28)5-1-4-15-9-11-24-20(27)12-15/h2-3,6-14H,1,4-5,23H2,(H,24,27). The SMILES string of the molecule is Nc1cccc(-n2c(=O)c(CCCc3cc[nH]c(=O)c3)cc3cccnc32)c1. The van der Waals surface area contributed by atoms with Crippen LogP contribution in [0.15, 0.2) is 76.6 Å². The fourth-order valence-corrected chi connectivity index (χ4v) is 3.41. The number of nitrogen functional groups attached to an aromatic ring is 1. The van der Waals surface area contributed by atoms with Crippen molar-refractivity contribution in [1.29, 1.82) is 0 Å². The smallest absolute Gasteiger partial charge is 0.259 e. The first-order valence-electron chi connectivity index (χ1n) is 9.15. The van der Waals surface area contributed by atoms with E-state index >= 15 is 0 Å². The van der Waals surface area contributed by atoms with E-state index in [1.165, 1.54) is 0 Å². The highest BCUT2D eigenvalue weighted by Crippen LogP contribution is 2.18. The number of benzene rings is 1. The van der Waals surface area contributed by atoms with E-state index in [-0.39, 0.29) is 11.1 Å². The van der Waals surface area contributed by atoms with Crippen LogP contribution in [0.4, 0.5) is 5.69 Å². The molecule has 0 bridgehead atoms. The highest BCUT2D eigenvalue weighted by molar-refractivity contribution is 5.77. The Morgan fingerprint density at radius 3 is 2.71 bits per heavy atom. The van der Waals surface area contributed by atoms with Crippen molar-refractivity contribution in [2.45, 2.75) is 19.3 Å². The van der Waals surface area contributed by atoms with Gasteiger partial charge in [0, 0.05) is 35.1 Å². The van der Waals surface area contributed by atoms with Crippen molar-refractivity contribution in [3.05, 3.63) is 98.8 Å². The normalized spacial score (nSPS) is 11.0. The van der Waals surface area contributed by atoms with Crippen LogP contribution in [-0.4, -0.2) is 14.5 Å². The third-order valence-electron chi connectivity index (χ3n) is 4.72. The average Bonchev–Trinajstić information content (AvgIpc) is 2.68. The van der Waals surface area contributed by atoms with Gasteiger partial charge < -0.3 is 10.7 Å². The van der Waals surface area contributed by atoms with Crippen molar-refractivity contribution in [2.75, 3.05) is 5.73 Å². The summed E-state index contributed by atoms with van der Waals surface area (Å²) in [4.78, 5) is 31.7. The van der Waals surface area contributed by atoms with Crippen LogP contribution >= 0.6 is 0 Å². The molecule has 1 aromatic carbocycles. The summed E-state index contributed by atoms with van der Waals surface area (Å²) in [6, 6.07) is 16.4. The molecule has 3 heterocycles. The van der Waals surface area contributed by atoms with E-state index in [4.69, 9.17) is 5.73 Å². The molecule has 140 valence electrons. The fourth-order valence-electron chi connectivity index (χ4n) is 3.41. The van der Waals surface area contributed by atoms with E-state index in [9.17, 15) is 9.59 Å². The van der Waals surface area contributed by atoms with Gasteiger partial charge in [-0.3, -0.25) is 14.2 Å². The maximum atomic E-state index is 13.2. The van der Waals surface area contributed by atoms with Gasteiger partial charge in [-0.2, -0.15) is 0 Å². The second-order valence-corrected chi connectivity index (χ2v) is 6.74. The van der Waals surface area contributed by atoms with Crippen molar-refractivity contribution in [3.8, 4) is 5.69 Å². The third-order valence-corrected chi connectivity index (χ3v) is 4.72. The number of aromatic nitrogens is 3. The van der Waals surface area contributed by atoms with Gasteiger partial charge in [0.1, 0.15) is 5.65 Å². The number of aryl methyl sites for hydroxylation is 2. The van der Waals surface area contributed by atoms with Gasteiger partial charge in [0.05, 0.1) is 5.69 Å². The third kappa shape index (κ3) is 3.57. The first-order valence-corrected chi connectivity index (χ1v) is 9.15. The Morgan fingerprint density at radius 1 is 1.00 bits per heavy atom. The van der Waals surface area contributed by atoms with Crippen LogP contribution in [0.5, 0.6) is 0 Å². The van der Waals surface area contributed by atoms with E-state index in [0.717, 1.165) is 23.8 Å². The molecule has 4 aromatic rings. The Morgan fingerprint density at radius 2 is 1.89 bits per heavy atom. The van der Waals surface area contributed by atoms with Crippen LogP contribution in [0.25, 0.3) is 16.7 Å². The number of hydrogen-bond donors (Lipinski definition) is 2. The molecular weight excluding hydrogens is 352 g/mol. The van der Waals surface area contributed by atoms with Crippen molar-refractivity contribution in [1.82, 2.24) is 14.5 Å². The molecule has 4 rings (SSSR count). The summed E-state index contributed by atoms with van der Waals surface area (Å²) >= 11 is 0. The van der Waals surface area contributed by atoms with Crippen molar-refractivity contribution in [2.24, 2.45) is 0 Å². The maximum absolute atomic E-state index is 13.2. The Bertz CT molecular complexity index is 1260. The number of pyridine rings is 3. The number of nitrogens with zero attached hydrogens (tertiary/aromatic N) is 2. The Labute approximate surface area is 161 Å². The quantitative estimate of drug-likeness (QED) is 0.527. The lowest BCUT2D eigenvalue weighted by molar-refractivity contribution is 0.801. The van der Waals surface area contributed by atoms with Crippen LogP contribution in [0.2, 0.25) is 0 Å². The Hall–Kier alpha value is -3.67. The first-order chi connectivity index (χ1) is 13.6. The number of fused-ring (bicyclic) bond motifs is 1. The van der Waals surface area contributed by atoms with Crippen molar-refractivity contribution in [3.63, 3.8) is 0 Å². The highest BCUT2D eigenvalue weighted by atomic mass is 16.1. The molecule has 0 amide bonds. The minimum absolute atomic E-state index is 0.0947. The molecule has 0 aliphatic carbocycles. The molecule has 3 N–H and O–H groups in total. The van der Waals surface area contributed by atoms with Gasteiger partial charge in [-0.15, -0.1) is 0 Å². The van der Waals surface area contributed by atoms with E-state index < -0.39 is 0 Å². The zero-order valence-corrected chi connectivity index (χ0v) is 15.3. The second-order valence-electron chi connectivity index (χ2n) is 6.74. The number of nitrogens with two attached hydrogens (primary N) is 1. The van der Waals surface area contributed by atoms with E-state index in [2.05, 4.69) is 9.97 Å². The molecule has 0 saturated carbocycles. The van der Waals surface area contributed by atoms with Crippen LogP contribution in [0.3, 0.4) is 0 Å². The number of aromatic amines is 1. The van der Waals surface area contributed by atoms with Gasteiger partial charge in [-0.1, -0.05) is 6.07 Å². The van der Waals surface area contributed by atoms with Crippen LogP contribution in [0.1, 0.15) is 17.5 Å². The molecule has 6 nitrogen and oxygen atoms in total. The monoisotopic (exact) mass is 372 g/mol. The van der Waals surface area contributed by atoms with Crippen LogP contribution in [0, 0.1) is 0 Å². The van der Waals surface area contributed by atoms with Gasteiger partial charge in [-0.05, 0) is 67.3 Å². The van der Waals surface area contributed by atoms with Crippen molar-refractivity contribution < 1.29 is 0 Å². The summed E-state index contributed by atoms with van der Waals surface area (Å²) in [5.74, 6) is 0. The number of rotatable bonds is 5. The second kappa shape index (κ2) is 7.52.